The number of hydrogen-bond acceptors (Lipinski definition) is 4. The van der Waals surface area contributed by atoms with Crippen molar-refractivity contribution in [3.05, 3.63) is 42.2 Å². The quantitative estimate of drug-likeness (QED) is 0.875. The number of benzene rings is 1. The van der Waals surface area contributed by atoms with Crippen LogP contribution in [0.2, 0.25) is 0 Å². The molecule has 7 nitrogen and oxygen atoms in total. The number of aromatic carboxylic acids is 1. The van der Waals surface area contributed by atoms with Crippen molar-refractivity contribution in [2.75, 3.05) is 12.4 Å². The van der Waals surface area contributed by atoms with E-state index in [9.17, 15) is 9.59 Å². The second-order valence-electron chi connectivity index (χ2n) is 4.37. The lowest BCUT2D eigenvalue weighted by Crippen LogP contribution is -2.24. The summed E-state index contributed by atoms with van der Waals surface area (Å²) in [6, 6.07) is 5.45. The molecular weight excluding hydrogens is 274 g/mol. The number of carbonyl (C=O) groups is 2. The highest BCUT2D eigenvalue weighted by Gasteiger charge is 2.18. The smallest absolute Gasteiger partial charge is 0.335 e. The van der Waals surface area contributed by atoms with Crippen molar-refractivity contribution in [3.63, 3.8) is 0 Å². The number of rotatable bonds is 5. The first-order valence-electron chi connectivity index (χ1n) is 6.24. The van der Waals surface area contributed by atoms with Crippen LogP contribution in [0.5, 0.6) is 5.75 Å². The SMILES string of the molecule is COc1ccc(C(=O)O)cc1NC(=O)C(C)n1cccn1. The molecule has 1 amide bonds. The number of nitrogens with zero attached hydrogens (tertiary/aromatic N) is 2. The summed E-state index contributed by atoms with van der Waals surface area (Å²) in [6.45, 7) is 1.69. The van der Waals surface area contributed by atoms with Gasteiger partial charge in [0.05, 0.1) is 18.4 Å². The van der Waals surface area contributed by atoms with E-state index in [1.165, 1.54) is 30.0 Å². The van der Waals surface area contributed by atoms with Gasteiger partial charge in [-0.1, -0.05) is 0 Å². The Morgan fingerprint density at radius 3 is 2.76 bits per heavy atom. The van der Waals surface area contributed by atoms with Crippen LogP contribution in [-0.4, -0.2) is 33.9 Å². The first-order valence-corrected chi connectivity index (χ1v) is 6.24. The van der Waals surface area contributed by atoms with Gasteiger partial charge in [-0.05, 0) is 31.2 Å². The minimum absolute atomic E-state index is 0.0674. The summed E-state index contributed by atoms with van der Waals surface area (Å²) in [6.07, 6.45) is 3.25. The molecule has 21 heavy (non-hydrogen) atoms. The molecule has 0 aliphatic carbocycles. The Balaban J connectivity index is 2.23. The maximum absolute atomic E-state index is 12.2. The van der Waals surface area contributed by atoms with Gasteiger partial charge in [-0.25, -0.2) is 4.79 Å². The van der Waals surface area contributed by atoms with E-state index in [2.05, 4.69) is 10.4 Å². The largest absolute Gasteiger partial charge is 0.495 e. The lowest BCUT2D eigenvalue weighted by molar-refractivity contribution is -0.119. The minimum Gasteiger partial charge on any atom is -0.495 e. The number of anilines is 1. The molecule has 0 saturated heterocycles. The number of hydrogen-bond donors (Lipinski definition) is 2. The highest BCUT2D eigenvalue weighted by atomic mass is 16.5. The van der Waals surface area contributed by atoms with E-state index in [-0.39, 0.29) is 11.5 Å². The number of carboxylic acid groups (broad SMARTS) is 1. The molecule has 7 heteroatoms. The van der Waals surface area contributed by atoms with Gasteiger partial charge in [-0.3, -0.25) is 9.48 Å². The lowest BCUT2D eigenvalue weighted by Gasteiger charge is -2.15. The Morgan fingerprint density at radius 1 is 1.43 bits per heavy atom. The van der Waals surface area contributed by atoms with Crippen LogP contribution in [0.1, 0.15) is 23.3 Å². The maximum atomic E-state index is 12.2. The van der Waals surface area contributed by atoms with E-state index < -0.39 is 12.0 Å². The van der Waals surface area contributed by atoms with Gasteiger partial charge in [0, 0.05) is 12.4 Å². The second-order valence-corrected chi connectivity index (χ2v) is 4.37. The number of ether oxygens (including phenoxy) is 1. The first-order chi connectivity index (χ1) is 10.0. The molecule has 0 aliphatic rings. The fourth-order valence-corrected chi connectivity index (χ4v) is 1.81. The molecule has 0 saturated carbocycles. The number of aromatic nitrogens is 2. The second kappa shape index (κ2) is 6.08. The number of carboxylic acids is 1. The van der Waals surface area contributed by atoms with Gasteiger partial charge >= 0.3 is 5.97 Å². The molecule has 110 valence electrons. The predicted octanol–water partition coefficient (Wildman–Crippen LogP) is 1.79. The van der Waals surface area contributed by atoms with Gasteiger partial charge in [0.2, 0.25) is 5.91 Å². The van der Waals surface area contributed by atoms with Crippen molar-refractivity contribution in [1.29, 1.82) is 0 Å². The average Bonchev–Trinajstić information content (AvgIpc) is 3.00. The molecule has 1 atom stereocenters. The number of amides is 1. The Morgan fingerprint density at radius 2 is 2.19 bits per heavy atom. The number of methoxy groups -OCH3 is 1. The molecule has 2 rings (SSSR count). The summed E-state index contributed by atoms with van der Waals surface area (Å²) in [4.78, 5) is 23.2. The van der Waals surface area contributed by atoms with Crippen LogP contribution in [0, 0.1) is 0 Å². The van der Waals surface area contributed by atoms with Crippen LogP contribution in [0.15, 0.2) is 36.7 Å². The van der Waals surface area contributed by atoms with Gasteiger partial charge in [0.15, 0.2) is 0 Å². The van der Waals surface area contributed by atoms with E-state index in [1.807, 2.05) is 0 Å². The summed E-state index contributed by atoms with van der Waals surface area (Å²) < 4.78 is 6.62. The van der Waals surface area contributed by atoms with E-state index in [4.69, 9.17) is 9.84 Å². The normalized spacial score (nSPS) is 11.7. The molecule has 2 aromatic rings. The standard InChI is InChI=1S/C14H15N3O4/c1-9(17-7-3-6-15-17)13(18)16-11-8-10(14(19)20)4-5-12(11)21-2/h3-9H,1-2H3,(H,16,18)(H,19,20). The molecule has 1 aromatic heterocycles. The Kier molecular flexibility index (Phi) is 4.22. The van der Waals surface area contributed by atoms with Gasteiger partial charge in [-0.2, -0.15) is 5.10 Å². The average molecular weight is 289 g/mol. The van der Waals surface area contributed by atoms with Gasteiger partial charge in [0.1, 0.15) is 11.8 Å². The number of nitrogens with one attached hydrogen (secondary N) is 1. The van der Waals surface area contributed by atoms with E-state index in [0.29, 0.717) is 11.4 Å². The fourth-order valence-electron chi connectivity index (χ4n) is 1.81. The molecule has 0 fully saturated rings. The molecule has 1 heterocycles. The molecule has 0 aliphatic heterocycles. The third-order valence-corrected chi connectivity index (χ3v) is 3.01. The molecule has 0 spiro atoms. The van der Waals surface area contributed by atoms with Gasteiger partial charge in [-0.15, -0.1) is 0 Å². The maximum Gasteiger partial charge on any atom is 0.335 e. The van der Waals surface area contributed by atoms with Crippen molar-refractivity contribution in [3.8, 4) is 5.75 Å². The highest BCUT2D eigenvalue weighted by Crippen LogP contribution is 2.26. The molecule has 2 N–H and O–H groups in total. The predicted molar refractivity (Wildman–Crippen MR) is 75.5 cm³/mol. The van der Waals surface area contributed by atoms with Crippen LogP contribution in [0.25, 0.3) is 0 Å². The van der Waals surface area contributed by atoms with Crippen LogP contribution in [-0.2, 0) is 4.79 Å². The molecule has 1 aromatic carbocycles. The number of carbonyl (C=O) groups excluding carboxylic acids is 1. The summed E-state index contributed by atoms with van der Waals surface area (Å²) >= 11 is 0. The first kappa shape index (κ1) is 14.6. The summed E-state index contributed by atoms with van der Waals surface area (Å²) in [7, 11) is 1.45. The van der Waals surface area contributed by atoms with E-state index in [1.54, 1.807) is 25.4 Å². The highest BCUT2D eigenvalue weighted by molar-refractivity contribution is 5.97. The Bertz CT molecular complexity index is 652. The van der Waals surface area contributed by atoms with Crippen molar-refractivity contribution < 1.29 is 19.4 Å². The zero-order chi connectivity index (χ0) is 15.4. The summed E-state index contributed by atoms with van der Waals surface area (Å²) in [5.41, 5.74) is 0.374. The van der Waals surface area contributed by atoms with Crippen molar-refractivity contribution in [1.82, 2.24) is 9.78 Å². The van der Waals surface area contributed by atoms with Crippen LogP contribution < -0.4 is 10.1 Å². The summed E-state index contributed by atoms with van der Waals surface area (Å²) in [5, 5.41) is 15.7. The molecule has 1 unspecified atom stereocenters. The van der Waals surface area contributed by atoms with Gasteiger partial charge in [0.25, 0.3) is 0 Å². The van der Waals surface area contributed by atoms with Gasteiger partial charge < -0.3 is 15.2 Å². The van der Waals surface area contributed by atoms with Crippen LogP contribution >= 0.6 is 0 Å². The zero-order valence-corrected chi connectivity index (χ0v) is 11.6. The van der Waals surface area contributed by atoms with E-state index >= 15 is 0 Å². The third-order valence-electron chi connectivity index (χ3n) is 3.01. The molecule has 0 radical (unpaired) electrons. The van der Waals surface area contributed by atoms with Crippen molar-refractivity contribution in [2.24, 2.45) is 0 Å². The molecule has 0 bridgehead atoms. The molecular formula is C14H15N3O4. The zero-order valence-electron chi connectivity index (χ0n) is 11.6. The van der Waals surface area contributed by atoms with Crippen LogP contribution in [0.4, 0.5) is 5.69 Å². The fraction of sp³-hybridized carbons (Fsp3) is 0.214. The van der Waals surface area contributed by atoms with Crippen LogP contribution in [0.3, 0.4) is 0 Å². The van der Waals surface area contributed by atoms with E-state index in [0.717, 1.165) is 0 Å². The lowest BCUT2D eigenvalue weighted by atomic mass is 10.1. The Hall–Kier alpha value is -2.83. The third kappa shape index (κ3) is 3.19. The van der Waals surface area contributed by atoms with Crippen molar-refractivity contribution >= 4 is 17.6 Å². The minimum atomic E-state index is -1.08. The Labute approximate surface area is 121 Å². The van der Waals surface area contributed by atoms with Crippen molar-refractivity contribution in [2.45, 2.75) is 13.0 Å². The monoisotopic (exact) mass is 289 g/mol. The topological polar surface area (TPSA) is 93.5 Å². The summed E-state index contributed by atoms with van der Waals surface area (Å²) in [5.74, 6) is -1.01.